The van der Waals surface area contributed by atoms with E-state index in [1.54, 1.807) is 12.1 Å². The Bertz CT molecular complexity index is 1280. The molecular formula is C25H25N3O5S. The number of carbonyl (C=O) groups excluding carboxylic acids is 2. The van der Waals surface area contributed by atoms with Crippen LogP contribution in [0.2, 0.25) is 0 Å². The summed E-state index contributed by atoms with van der Waals surface area (Å²) in [6.07, 6.45) is 2.52. The number of nitrogens with zero attached hydrogens (tertiary/aromatic N) is 1. The van der Waals surface area contributed by atoms with Crippen LogP contribution < -0.4 is 10.6 Å². The van der Waals surface area contributed by atoms with Crippen molar-refractivity contribution in [1.82, 2.24) is 9.62 Å². The first-order chi connectivity index (χ1) is 16.4. The van der Waals surface area contributed by atoms with Crippen LogP contribution in [0.4, 0.5) is 5.69 Å². The van der Waals surface area contributed by atoms with Gasteiger partial charge in [0.1, 0.15) is 5.76 Å². The number of amides is 2. The van der Waals surface area contributed by atoms with Gasteiger partial charge in [-0.2, -0.15) is 4.31 Å². The number of rotatable bonds is 7. The van der Waals surface area contributed by atoms with Gasteiger partial charge in [-0.05, 0) is 55.3 Å². The number of nitrogens with one attached hydrogen (secondary N) is 2. The largest absolute Gasteiger partial charge is 0.451 e. The number of anilines is 1. The van der Waals surface area contributed by atoms with Crippen LogP contribution in [-0.4, -0.2) is 43.7 Å². The summed E-state index contributed by atoms with van der Waals surface area (Å²) in [6, 6.07) is 18.5. The van der Waals surface area contributed by atoms with Gasteiger partial charge in [-0.15, -0.1) is 0 Å². The van der Waals surface area contributed by atoms with Gasteiger partial charge in [-0.25, -0.2) is 8.42 Å². The summed E-state index contributed by atoms with van der Waals surface area (Å²) >= 11 is 0. The molecule has 9 heteroatoms. The first-order valence-electron chi connectivity index (χ1n) is 10.9. The van der Waals surface area contributed by atoms with E-state index in [9.17, 15) is 18.0 Å². The fraction of sp³-hybridized carbons (Fsp3) is 0.200. The summed E-state index contributed by atoms with van der Waals surface area (Å²) in [5.74, 6) is -0.0285. The molecule has 0 bridgehead atoms. The van der Waals surface area contributed by atoms with E-state index < -0.39 is 15.9 Å². The Morgan fingerprint density at radius 1 is 1.03 bits per heavy atom. The Morgan fingerprint density at radius 3 is 2.47 bits per heavy atom. The first kappa shape index (κ1) is 23.5. The van der Waals surface area contributed by atoms with Gasteiger partial charge in [-0.3, -0.25) is 9.59 Å². The molecule has 0 radical (unpaired) electrons. The minimum Gasteiger partial charge on any atom is -0.451 e. The second kappa shape index (κ2) is 10.1. The van der Waals surface area contributed by atoms with Crippen molar-refractivity contribution in [3.8, 4) is 11.3 Å². The van der Waals surface area contributed by atoms with Gasteiger partial charge in [0.15, 0.2) is 5.76 Å². The molecule has 3 aromatic rings. The highest BCUT2D eigenvalue weighted by Crippen LogP contribution is 2.24. The summed E-state index contributed by atoms with van der Waals surface area (Å²) in [5, 5.41) is 5.48. The fourth-order valence-corrected chi connectivity index (χ4v) is 5.33. The van der Waals surface area contributed by atoms with Crippen LogP contribution in [0, 0.1) is 0 Å². The molecule has 0 aliphatic carbocycles. The van der Waals surface area contributed by atoms with Gasteiger partial charge < -0.3 is 15.1 Å². The van der Waals surface area contributed by atoms with E-state index in [2.05, 4.69) is 17.2 Å². The second-order valence-corrected chi connectivity index (χ2v) is 9.86. The second-order valence-electron chi connectivity index (χ2n) is 7.92. The lowest BCUT2D eigenvalue weighted by Gasteiger charge is -2.32. The van der Waals surface area contributed by atoms with Crippen LogP contribution in [0.25, 0.3) is 11.3 Å². The van der Waals surface area contributed by atoms with Crippen molar-refractivity contribution in [1.29, 1.82) is 0 Å². The number of carbonyl (C=O) groups is 2. The summed E-state index contributed by atoms with van der Waals surface area (Å²) in [7, 11) is -3.74. The zero-order valence-electron chi connectivity index (χ0n) is 18.4. The fourth-order valence-electron chi connectivity index (χ4n) is 3.81. The highest BCUT2D eigenvalue weighted by Gasteiger charge is 2.30. The quantitative estimate of drug-likeness (QED) is 0.503. The number of sulfonamides is 1. The van der Waals surface area contributed by atoms with Crippen LogP contribution in [0.3, 0.4) is 0 Å². The third-order valence-electron chi connectivity index (χ3n) is 5.55. The van der Waals surface area contributed by atoms with E-state index in [4.69, 9.17) is 4.42 Å². The Hall–Kier alpha value is -3.69. The summed E-state index contributed by atoms with van der Waals surface area (Å²) in [4.78, 5) is 24.2. The topological polar surface area (TPSA) is 109 Å². The summed E-state index contributed by atoms with van der Waals surface area (Å²) in [6.45, 7) is 4.00. The molecule has 2 aromatic carbocycles. The SMILES string of the molecule is C=CC(=O)N[C@H]1CCCN(S(=O)(=O)c2ccc(NC(=O)c3ccc(-c4ccccc4)o3)cc2)C1. The third kappa shape index (κ3) is 5.27. The molecule has 34 heavy (non-hydrogen) atoms. The lowest BCUT2D eigenvalue weighted by molar-refractivity contribution is -0.117. The minimum absolute atomic E-state index is 0.116. The van der Waals surface area contributed by atoms with Crippen molar-refractivity contribution in [2.75, 3.05) is 18.4 Å². The number of hydrogen-bond donors (Lipinski definition) is 2. The molecule has 8 nitrogen and oxygen atoms in total. The van der Waals surface area contributed by atoms with E-state index in [1.807, 2.05) is 30.3 Å². The zero-order chi connectivity index (χ0) is 24.1. The molecule has 4 rings (SSSR count). The van der Waals surface area contributed by atoms with Crippen molar-refractivity contribution in [2.24, 2.45) is 0 Å². The molecular weight excluding hydrogens is 454 g/mol. The van der Waals surface area contributed by atoms with Crippen molar-refractivity contribution in [2.45, 2.75) is 23.8 Å². The smallest absolute Gasteiger partial charge is 0.291 e. The molecule has 176 valence electrons. The van der Waals surface area contributed by atoms with Crippen LogP contribution in [0.5, 0.6) is 0 Å². The number of hydrogen-bond acceptors (Lipinski definition) is 5. The van der Waals surface area contributed by atoms with E-state index in [1.165, 1.54) is 34.6 Å². The third-order valence-corrected chi connectivity index (χ3v) is 7.43. The molecule has 1 aromatic heterocycles. The predicted octanol–water partition coefficient (Wildman–Crippen LogP) is 3.65. The van der Waals surface area contributed by atoms with Crippen LogP contribution in [0.15, 0.2) is 88.7 Å². The first-order valence-corrected chi connectivity index (χ1v) is 12.3. The molecule has 0 saturated carbocycles. The molecule has 2 amide bonds. The number of piperidine rings is 1. The highest BCUT2D eigenvalue weighted by molar-refractivity contribution is 7.89. The molecule has 1 saturated heterocycles. The van der Waals surface area contributed by atoms with Crippen LogP contribution >= 0.6 is 0 Å². The van der Waals surface area contributed by atoms with Crippen molar-refractivity contribution >= 4 is 27.5 Å². The maximum atomic E-state index is 13.1. The van der Waals surface area contributed by atoms with Crippen molar-refractivity contribution in [3.05, 3.63) is 85.1 Å². The Kier molecular flexibility index (Phi) is 6.95. The van der Waals surface area contributed by atoms with E-state index in [0.717, 1.165) is 5.56 Å². The molecule has 0 spiro atoms. The van der Waals surface area contributed by atoms with Gasteiger partial charge in [0, 0.05) is 30.4 Å². The van der Waals surface area contributed by atoms with Crippen LogP contribution in [0.1, 0.15) is 23.4 Å². The maximum absolute atomic E-state index is 13.1. The number of furan rings is 1. The standard InChI is InChI=1S/C25H25N3O5S/c1-2-24(29)26-20-9-6-16-28(17-20)34(31,32)21-12-10-19(11-13-21)27-25(30)23-15-14-22(33-23)18-7-4-3-5-8-18/h2-5,7-8,10-15,20H,1,6,9,16-17H2,(H,26,29)(H,27,30)/t20-/m0/s1. The monoisotopic (exact) mass is 479 g/mol. The van der Waals surface area contributed by atoms with Crippen LogP contribution in [-0.2, 0) is 14.8 Å². The van der Waals surface area contributed by atoms with Gasteiger partial charge >= 0.3 is 0 Å². The highest BCUT2D eigenvalue weighted by atomic mass is 32.2. The normalized spacial score (nSPS) is 16.5. The average molecular weight is 480 g/mol. The van der Waals surface area contributed by atoms with E-state index in [0.29, 0.717) is 30.8 Å². The minimum atomic E-state index is -3.74. The van der Waals surface area contributed by atoms with Crippen molar-refractivity contribution < 1.29 is 22.4 Å². The molecule has 2 heterocycles. The maximum Gasteiger partial charge on any atom is 0.291 e. The average Bonchev–Trinajstić information content (AvgIpc) is 3.36. The lowest BCUT2D eigenvalue weighted by Crippen LogP contribution is -2.49. The molecule has 1 fully saturated rings. The molecule has 1 aliphatic heterocycles. The van der Waals surface area contributed by atoms with E-state index >= 15 is 0 Å². The van der Waals surface area contributed by atoms with Gasteiger partial charge in [0.25, 0.3) is 5.91 Å². The van der Waals surface area contributed by atoms with Crippen molar-refractivity contribution in [3.63, 3.8) is 0 Å². The summed E-state index contributed by atoms with van der Waals surface area (Å²) in [5.41, 5.74) is 1.30. The predicted molar refractivity (Wildman–Crippen MR) is 129 cm³/mol. The van der Waals surface area contributed by atoms with Gasteiger partial charge in [-0.1, -0.05) is 36.9 Å². The Balaban J connectivity index is 1.41. The lowest BCUT2D eigenvalue weighted by atomic mass is 10.1. The Morgan fingerprint density at radius 2 is 1.76 bits per heavy atom. The van der Waals surface area contributed by atoms with E-state index in [-0.39, 0.29) is 29.1 Å². The van der Waals surface area contributed by atoms with Gasteiger partial charge in [0.05, 0.1) is 4.90 Å². The molecule has 1 atom stereocenters. The molecule has 1 aliphatic rings. The molecule has 2 N–H and O–H groups in total. The zero-order valence-corrected chi connectivity index (χ0v) is 19.3. The summed E-state index contributed by atoms with van der Waals surface area (Å²) < 4.78 is 33.2. The number of benzene rings is 2. The Labute approximate surface area is 198 Å². The van der Waals surface area contributed by atoms with Gasteiger partial charge in [0.2, 0.25) is 15.9 Å². The molecule has 0 unspecified atom stereocenters.